The number of hydrogen-bond donors (Lipinski definition) is 1. The van der Waals surface area contributed by atoms with Crippen LogP contribution in [-0.4, -0.2) is 25.1 Å². The molecule has 138 valence electrons. The number of esters is 1. The van der Waals surface area contributed by atoms with Crippen LogP contribution < -0.4 is 10.1 Å². The van der Waals surface area contributed by atoms with Gasteiger partial charge >= 0.3 is 5.97 Å². The lowest BCUT2D eigenvalue weighted by Crippen LogP contribution is -2.35. The van der Waals surface area contributed by atoms with Crippen LogP contribution in [0.1, 0.15) is 39.5 Å². The number of nitrogens with one attached hydrogen (secondary N) is 1. The second-order valence-electron chi connectivity index (χ2n) is 6.39. The summed E-state index contributed by atoms with van der Waals surface area (Å²) in [6, 6.07) is 11.3. The van der Waals surface area contributed by atoms with E-state index in [1.807, 2.05) is 57.2 Å². The fraction of sp³-hybridized carbons (Fsp3) is 0.333. The van der Waals surface area contributed by atoms with Crippen LogP contribution in [0.4, 0.5) is 0 Å². The van der Waals surface area contributed by atoms with Crippen molar-refractivity contribution in [1.82, 2.24) is 5.32 Å². The summed E-state index contributed by atoms with van der Waals surface area (Å²) in [5, 5.41) is 2.77. The summed E-state index contributed by atoms with van der Waals surface area (Å²) in [7, 11) is 1.60. The van der Waals surface area contributed by atoms with Crippen LogP contribution in [0.5, 0.6) is 5.75 Å². The van der Waals surface area contributed by atoms with Crippen LogP contribution in [0, 0.1) is 20.8 Å². The van der Waals surface area contributed by atoms with E-state index >= 15 is 0 Å². The van der Waals surface area contributed by atoms with Crippen molar-refractivity contribution >= 4 is 11.9 Å². The van der Waals surface area contributed by atoms with Crippen molar-refractivity contribution in [2.75, 3.05) is 7.11 Å². The molecule has 0 fully saturated rings. The van der Waals surface area contributed by atoms with Gasteiger partial charge in [0.1, 0.15) is 5.75 Å². The van der Waals surface area contributed by atoms with Gasteiger partial charge in [-0.05, 0) is 56.5 Å². The summed E-state index contributed by atoms with van der Waals surface area (Å²) in [6.07, 6.45) is -0.874. The molecule has 26 heavy (non-hydrogen) atoms. The SMILES string of the molecule is COc1ccc(CNC(=O)C(C)OC(=O)c2c(C)cc(C)cc2C)cc1. The lowest BCUT2D eigenvalue weighted by Gasteiger charge is -2.16. The Morgan fingerprint density at radius 3 is 2.15 bits per heavy atom. The predicted octanol–water partition coefficient (Wildman–Crippen LogP) is 3.48. The number of carbonyl (C=O) groups excluding carboxylic acids is 2. The summed E-state index contributed by atoms with van der Waals surface area (Å²) in [6.45, 7) is 7.63. The quantitative estimate of drug-likeness (QED) is 0.806. The molecular formula is C21H25NO4. The van der Waals surface area contributed by atoms with Gasteiger partial charge in [0.05, 0.1) is 12.7 Å². The molecule has 1 atom stereocenters. The van der Waals surface area contributed by atoms with Gasteiger partial charge in [0.2, 0.25) is 0 Å². The first-order valence-corrected chi connectivity index (χ1v) is 8.51. The maximum absolute atomic E-state index is 12.4. The monoisotopic (exact) mass is 355 g/mol. The third-order valence-corrected chi connectivity index (χ3v) is 4.16. The lowest BCUT2D eigenvalue weighted by atomic mass is 10.00. The Balaban J connectivity index is 1.95. The molecule has 0 heterocycles. The molecule has 0 aliphatic heterocycles. The van der Waals surface area contributed by atoms with Crippen LogP contribution in [0.25, 0.3) is 0 Å². The summed E-state index contributed by atoms with van der Waals surface area (Å²) < 4.78 is 10.5. The number of ether oxygens (including phenoxy) is 2. The molecule has 0 bridgehead atoms. The molecule has 0 radical (unpaired) electrons. The molecule has 2 rings (SSSR count). The number of rotatable bonds is 6. The number of amides is 1. The average molecular weight is 355 g/mol. The van der Waals surface area contributed by atoms with Gasteiger partial charge in [0.25, 0.3) is 5.91 Å². The topological polar surface area (TPSA) is 64.6 Å². The minimum absolute atomic E-state index is 0.336. The molecule has 1 N–H and O–H groups in total. The fourth-order valence-corrected chi connectivity index (χ4v) is 2.85. The molecule has 2 aromatic carbocycles. The third kappa shape index (κ3) is 4.85. The van der Waals surface area contributed by atoms with E-state index in [4.69, 9.17) is 9.47 Å². The Morgan fingerprint density at radius 1 is 1.04 bits per heavy atom. The maximum atomic E-state index is 12.4. The van der Waals surface area contributed by atoms with Crippen molar-refractivity contribution in [1.29, 1.82) is 0 Å². The number of benzene rings is 2. The Kier molecular flexibility index (Phi) is 6.39. The second-order valence-corrected chi connectivity index (χ2v) is 6.39. The Hall–Kier alpha value is -2.82. The van der Waals surface area contributed by atoms with E-state index in [-0.39, 0.29) is 5.91 Å². The standard InChI is InChI=1S/C21H25NO4/c1-13-10-14(2)19(15(3)11-13)21(24)26-16(4)20(23)22-12-17-6-8-18(25-5)9-7-17/h6-11,16H,12H2,1-5H3,(H,22,23). The molecule has 1 amide bonds. The second kappa shape index (κ2) is 8.52. The highest BCUT2D eigenvalue weighted by Crippen LogP contribution is 2.18. The highest BCUT2D eigenvalue weighted by molar-refractivity contribution is 5.94. The van der Waals surface area contributed by atoms with E-state index in [1.165, 1.54) is 0 Å². The van der Waals surface area contributed by atoms with E-state index in [1.54, 1.807) is 14.0 Å². The number of hydrogen-bond acceptors (Lipinski definition) is 4. The van der Waals surface area contributed by atoms with Gasteiger partial charge in [0.15, 0.2) is 6.10 Å². The van der Waals surface area contributed by atoms with Crippen molar-refractivity contribution in [2.45, 2.75) is 40.3 Å². The first-order valence-electron chi connectivity index (χ1n) is 8.51. The van der Waals surface area contributed by atoms with E-state index in [2.05, 4.69) is 5.32 Å². The normalized spacial score (nSPS) is 11.6. The van der Waals surface area contributed by atoms with Gasteiger partial charge in [0, 0.05) is 6.54 Å². The van der Waals surface area contributed by atoms with Gasteiger partial charge in [-0.1, -0.05) is 29.8 Å². The molecule has 0 saturated heterocycles. The lowest BCUT2D eigenvalue weighted by molar-refractivity contribution is -0.129. The van der Waals surface area contributed by atoms with E-state index < -0.39 is 12.1 Å². The highest BCUT2D eigenvalue weighted by Gasteiger charge is 2.21. The molecule has 5 nitrogen and oxygen atoms in total. The van der Waals surface area contributed by atoms with Crippen molar-refractivity contribution in [3.63, 3.8) is 0 Å². The third-order valence-electron chi connectivity index (χ3n) is 4.16. The number of aryl methyl sites for hydroxylation is 3. The van der Waals surface area contributed by atoms with Gasteiger partial charge in [-0.2, -0.15) is 0 Å². The Morgan fingerprint density at radius 2 is 1.62 bits per heavy atom. The van der Waals surface area contributed by atoms with Crippen molar-refractivity contribution in [2.24, 2.45) is 0 Å². The van der Waals surface area contributed by atoms with Gasteiger partial charge in [-0.15, -0.1) is 0 Å². The molecule has 0 aliphatic carbocycles. The predicted molar refractivity (Wildman–Crippen MR) is 100 cm³/mol. The number of methoxy groups -OCH3 is 1. The molecule has 0 saturated carbocycles. The molecule has 1 unspecified atom stereocenters. The summed E-state index contributed by atoms with van der Waals surface area (Å²) in [5.41, 5.74) is 4.23. The van der Waals surface area contributed by atoms with E-state index in [0.29, 0.717) is 12.1 Å². The average Bonchev–Trinajstić information content (AvgIpc) is 2.59. The fourth-order valence-electron chi connectivity index (χ4n) is 2.85. The minimum Gasteiger partial charge on any atom is -0.497 e. The largest absolute Gasteiger partial charge is 0.497 e. The van der Waals surface area contributed by atoms with Crippen LogP contribution in [0.3, 0.4) is 0 Å². The number of carbonyl (C=O) groups is 2. The first kappa shape index (κ1) is 19.5. The maximum Gasteiger partial charge on any atom is 0.339 e. The van der Waals surface area contributed by atoms with Gasteiger partial charge in [-0.3, -0.25) is 4.79 Å². The summed E-state index contributed by atoms with van der Waals surface area (Å²) >= 11 is 0. The van der Waals surface area contributed by atoms with Crippen LogP contribution >= 0.6 is 0 Å². The zero-order chi connectivity index (χ0) is 19.3. The zero-order valence-electron chi connectivity index (χ0n) is 15.9. The van der Waals surface area contributed by atoms with Crippen LogP contribution in [0.2, 0.25) is 0 Å². The van der Waals surface area contributed by atoms with Crippen molar-refractivity contribution < 1.29 is 19.1 Å². The molecule has 2 aromatic rings. The van der Waals surface area contributed by atoms with Gasteiger partial charge < -0.3 is 14.8 Å². The Bertz CT molecular complexity index is 773. The molecule has 5 heteroatoms. The highest BCUT2D eigenvalue weighted by atomic mass is 16.5. The zero-order valence-corrected chi connectivity index (χ0v) is 15.9. The summed E-state index contributed by atoms with van der Waals surface area (Å²) in [5.74, 6) is -0.0603. The first-order chi connectivity index (χ1) is 12.3. The molecular weight excluding hydrogens is 330 g/mol. The molecule has 0 spiro atoms. The smallest absolute Gasteiger partial charge is 0.339 e. The van der Waals surface area contributed by atoms with Crippen molar-refractivity contribution in [3.05, 3.63) is 64.2 Å². The molecule has 0 aromatic heterocycles. The van der Waals surface area contributed by atoms with E-state index in [9.17, 15) is 9.59 Å². The minimum atomic E-state index is -0.874. The summed E-state index contributed by atoms with van der Waals surface area (Å²) in [4.78, 5) is 24.7. The van der Waals surface area contributed by atoms with Crippen molar-refractivity contribution in [3.8, 4) is 5.75 Å². The molecule has 0 aliphatic rings. The van der Waals surface area contributed by atoms with Crippen LogP contribution in [-0.2, 0) is 16.1 Å². The van der Waals surface area contributed by atoms with Gasteiger partial charge in [-0.25, -0.2) is 4.79 Å². The Labute approximate surface area is 154 Å². The van der Waals surface area contributed by atoms with E-state index in [0.717, 1.165) is 28.0 Å². The van der Waals surface area contributed by atoms with Crippen LogP contribution in [0.15, 0.2) is 36.4 Å².